The Morgan fingerprint density at radius 3 is 2.69 bits per heavy atom. The molecule has 0 amide bonds. The van der Waals surface area contributed by atoms with Gasteiger partial charge in [-0.05, 0) is 19.0 Å². The maximum Gasteiger partial charge on any atom is 0.213 e. The zero-order chi connectivity index (χ0) is 25.4. The molecule has 0 radical (unpaired) electrons. The van der Waals surface area contributed by atoms with E-state index in [-0.39, 0.29) is 25.3 Å². The molecular weight excluding hydrogens is 487 g/mol. The third-order valence-corrected chi connectivity index (χ3v) is 9.91. The Bertz CT molecular complexity index is 1370. The molecule has 1 fully saturated rings. The van der Waals surface area contributed by atoms with E-state index < -0.39 is 29.5 Å². The number of pyridine rings is 1. The Morgan fingerprint density at radius 2 is 2.03 bits per heavy atom. The third kappa shape index (κ3) is 5.04. The molecule has 1 saturated heterocycles. The Labute approximate surface area is 206 Å². The molecule has 1 aliphatic heterocycles. The Morgan fingerprint density at radius 1 is 1.29 bits per heavy atom. The van der Waals surface area contributed by atoms with Gasteiger partial charge in [-0.2, -0.15) is 14.7 Å². The van der Waals surface area contributed by atoms with Crippen molar-refractivity contribution in [3.63, 3.8) is 0 Å². The summed E-state index contributed by atoms with van der Waals surface area (Å²) in [5.74, 6) is -0.480. The fourth-order valence-corrected chi connectivity index (χ4v) is 6.23. The minimum absolute atomic E-state index is 0.000946. The van der Waals surface area contributed by atoms with Gasteiger partial charge in [-0.3, -0.25) is 4.68 Å². The van der Waals surface area contributed by atoms with Crippen LogP contribution in [0.25, 0.3) is 22.2 Å². The number of ether oxygens (including phenoxy) is 1. The van der Waals surface area contributed by atoms with Crippen molar-refractivity contribution in [1.82, 2.24) is 23.6 Å². The third-order valence-electron chi connectivity index (χ3n) is 6.43. The molecule has 0 saturated carbocycles. The number of aromatic nitrogens is 4. The molecule has 12 heteroatoms. The quantitative estimate of drug-likeness (QED) is 0.300. The van der Waals surface area contributed by atoms with Crippen molar-refractivity contribution >= 4 is 29.1 Å². The first-order chi connectivity index (χ1) is 16.5. The normalized spacial score (nSPS) is 16.3. The minimum Gasteiger partial charge on any atom is -0.361 e. The van der Waals surface area contributed by atoms with Crippen LogP contribution in [0.2, 0.25) is 25.7 Å². The zero-order valence-corrected chi connectivity index (χ0v) is 22.3. The summed E-state index contributed by atoms with van der Waals surface area (Å²) in [6.07, 6.45) is 6.36. The van der Waals surface area contributed by atoms with Crippen LogP contribution < -0.4 is 0 Å². The van der Waals surface area contributed by atoms with E-state index in [2.05, 4.69) is 35.8 Å². The van der Waals surface area contributed by atoms with Crippen LogP contribution in [0.1, 0.15) is 13.3 Å². The van der Waals surface area contributed by atoms with E-state index in [0.29, 0.717) is 35.5 Å². The van der Waals surface area contributed by atoms with Crippen LogP contribution in [0.15, 0.2) is 30.9 Å². The summed E-state index contributed by atoms with van der Waals surface area (Å²) in [4.78, 5) is 4.29. The fraction of sp³-hybridized carbons (Fsp3) is 0.522. The highest BCUT2D eigenvalue weighted by Crippen LogP contribution is 2.37. The van der Waals surface area contributed by atoms with Crippen LogP contribution >= 0.6 is 0 Å². The molecule has 0 atom stereocenters. The highest BCUT2D eigenvalue weighted by atomic mass is 32.2. The van der Waals surface area contributed by atoms with Gasteiger partial charge in [0.1, 0.15) is 23.7 Å². The lowest BCUT2D eigenvalue weighted by Crippen LogP contribution is -2.64. The summed E-state index contributed by atoms with van der Waals surface area (Å²) in [6.45, 7) is 9.80. The Balaban J connectivity index is 1.60. The van der Waals surface area contributed by atoms with Crippen molar-refractivity contribution in [1.29, 1.82) is 5.26 Å². The second-order valence-corrected chi connectivity index (χ2v) is 18.1. The van der Waals surface area contributed by atoms with Gasteiger partial charge in [0.15, 0.2) is 0 Å². The molecular formula is C23H31FN6O3SSi. The standard InChI is InChI=1S/C23H31FN6O3SSi/c1-5-34(31,32)29-15-23(16-29,7-8-25)30-14-18(12-27-30)21-19-6-9-28(22(19)26-13-20(21)24)17-33-10-11-35(2,3)4/h6,9,12-14H,5,7,10-11,15-17H2,1-4H3. The van der Waals surface area contributed by atoms with E-state index >= 15 is 0 Å². The summed E-state index contributed by atoms with van der Waals surface area (Å²) >= 11 is 0. The van der Waals surface area contributed by atoms with Crippen molar-refractivity contribution in [2.24, 2.45) is 0 Å². The van der Waals surface area contributed by atoms with Gasteiger partial charge in [0, 0.05) is 56.7 Å². The maximum absolute atomic E-state index is 15.0. The molecule has 3 aromatic rings. The second kappa shape index (κ2) is 9.46. The smallest absolute Gasteiger partial charge is 0.213 e. The molecule has 4 rings (SSSR count). The van der Waals surface area contributed by atoms with E-state index in [9.17, 15) is 18.1 Å². The number of nitriles is 1. The first-order valence-electron chi connectivity index (χ1n) is 11.6. The van der Waals surface area contributed by atoms with Crippen molar-refractivity contribution in [2.75, 3.05) is 25.4 Å². The summed E-state index contributed by atoms with van der Waals surface area (Å²) in [5.41, 5.74) is 0.749. The second-order valence-electron chi connectivity index (χ2n) is 10.3. The molecule has 0 spiro atoms. The van der Waals surface area contributed by atoms with Crippen molar-refractivity contribution in [3.8, 4) is 17.2 Å². The van der Waals surface area contributed by atoms with Crippen LogP contribution in [-0.2, 0) is 27.0 Å². The van der Waals surface area contributed by atoms with Gasteiger partial charge in [-0.1, -0.05) is 19.6 Å². The number of hydrogen-bond donors (Lipinski definition) is 0. The Hall–Kier alpha value is -2.59. The van der Waals surface area contributed by atoms with E-state index in [1.165, 1.54) is 10.5 Å². The van der Waals surface area contributed by atoms with Gasteiger partial charge < -0.3 is 9.30 Å². The van der Waals surface area contributed by atoms with Gasteiger partial charge in [-0.25, -0.2) is 17.8 Å². The molecule has 188 valence electrons. The number of hydrogen-bond acceptors (Lipinski definition) is 6. The van der Waals surface area contributed by atoms with Gasteiger partial charge in [-0.15, -0.1) is 0 Å². The molecule has 4 heterocycles. The van der Waals surface area contributed by atoms with Gasteiger partial charge in [0.05, 0.1) is 30.6 Å². The maximum atomic E-state index is 15.0. The van der Waals surface area contributed by atoms with Crippen LogP contribution in [-0.4, -0.2) is 65.6 Å². The number of nitrogens with zero attached hydrogens (tertiary/aromatic N) is 6. The van der Waals surface area contributed by atoms with Crippen molar-refractivity contribution < 1.29 is 17.5 Å². The first-order valence-corrected chi connectivity index (χ1v) is 16.9. The minimum atomic E-state index is -3.35. The predicted octanol–water partition coefficient (Wildman–Crippen LogP) is 3.63. The summed E-state index contributed by atoms with van der Waals surface area (Å²) < 4.78 is 50.1. The van der Waals surface area contributed by atoms with Crippen molar-refractivity contribution in [2.45, 2.75) is 51.3 Å². The Kier molecular flexibility index (Phi) is 6.89. The molecule has 0 unspecified atom stereocenters. The molecule has 0 N–H and O–H groups in total. The molecule has 9 nitrogen and oxygen atoms in total. The van der Waals surface area contributed by atoms with Crippen LogP contribution in [0.5, 0.6) is 0 Å². The number of rotatable bonds is 10. The lowest BCUT2D eigenvalue weighted by molar-refractivity contribution is 0.0719. The SMILES string of the molecule is CCS(=O)(=O)N1CC(CC#N)(n2cc(-c3c(F)cnc4c3ccn4COCC[Si](C)(C)C)cn2)C1. The average Bonchev–Trinajstić information content (AvgIpc) is 3.40. The summed E-state index contributed by atoms with van der Waals surface area (Å²) in [6, 6.07) is 5.01. The average molecular weight is 519 g/mol. The first kappa shape index (κ1) is 25.5. The predicted molar refractivity (Wildman–Crippen MR) is 134 cm³/mol. The molecule has 0 aliphatic carbocycles. The lowest BCUT2D eigenvalue weighted by atomic mass is 9.89. The summed E-state index contributed by atoms with van der Waals surface area (Å²) in [5, 5.41) is 14.4. The highest BCUT2D eigenvalue weighted by Gasteiger charge is 2.49. The molecule has 3 aromatic heterocycles. The fourth-order valence-electron chi connectivity index (χ4n) is 4.24. The van der Waals surface area contributed by atoms with Crippen LogP contribution in [0.3, 0.4) is 0 Å². The molecule has 0 bridgehead atoms. The number of sulfonamides is 1. The number of fused-ring (bicyclic) bond motifs is 1. The van der Waals surface area contributed by atoms with Gasteiger partial charge in [0.25, 0.3) is 0 Å². The monoisotopic (exact) mass is 518 g/mol. The van der Waals surface area contributed by atoms with E-state index in [1.807, 2.05) is 16.8 Å². The van der Waals surface area contributed by atoms with Crippen LogP contribution in [0.4, 0.5) is 4.39 Å². The van der Waals surface area contributed by atoms with E-state index in [1.54, 1.807) is 24.0 Å². The molecule has 35 heavy (non-hydrogen) atoms. The van der Waals surface area contributed by atoms with Gasteiger partial charge >= 0.3 is 0 Å². The van der Waals surface area contributed by atoms with E-state index in [0.717, 1.165) is 6.04 Å². The van der Waals surface area contributed by atoms with E-state index in [4.69, 9.17) is 4.74 Å². The largest absolute Gasteiger partial charge is 0.361 e. The number of halogens is 1. The van der Waals surface area contributed by atoms with Crippen molar-refractivity contribution in [3.05, 3.63) is 36.7 Å². The topological polar surface area (TPSA) is 106 Å². The zero-order valence-electron chi connectivity index (χ0n) is 20.5. The lowest BCUT2D eigenvalue weighted by Gasteiger charge is -2.47. The highest BCUT2D eigenvalue weighted by molar-refractivity contribution is 7.89. The molecule has 0 aromatic carbocycles. The van der Waals surface area contributed by atoms with Crippen LogP contribution in [0, 0.1) is 17.1 Å². The molecule has 1 aliphatic rings. The van der Waals surface area contributed by atoms with Gasteiger partial charge in [0.2, 0.25) is 10.0 Å². The summed E-state index contributed by atoms with van der Waals surface area (Å²) in [7, 11) is -4.55.